The van der Waals surface area contributed by atoms with E-state index in [1.165, 1.54) is 6.07 Å². The first-order valence-electron chi connectivity index (χ1n) is 5.42. The first kappa shape index (κ1) is 12.0. The van der Waals surface area contributed by atoms with E-state index in [4.69, 9.17) is 4.74 Å². The number of nitrogens with one attached hydrogen (secondary N) is 1. The van der Waals surface area contributed by atoms with Crippen molar-refractivity contribution in [2.24, 2.45) is 0 Å². The van der Waals surface area contributed by atoms with Gasteiger partial charge in [-0.05, 0) is 18.2 Å². The number of hydrogen-bond donors (Lipinski definition) is 1. The fraction of sp³-hybridized carbons (Fsp3) is 0.0714. The predicted molar refractivity (Wildman–Crippen MR) is 67.0 cm³/mol. The lowest BCUT2D eigenvalue weighted by atomic mass is 10.1. The molecule has 0 amide bonds. The van der Waals surface area contributed by atoms with Gasteiger partial charge in [-0.3, -0.25) is 0 Å². The number of ether oxygens (including phenoxy) is 1. The fourth-order valence-electron chi connectivity index (χ4n) is 1.63. The van der Waals surface area contributed by atoms with E-state index < -0.39 is 5.97 Å². The van der Waals surface area contributed by atoms with Crippen LogP contribution >= 0.6 is 0 Å². The standard InChI is InChI=1S/C14H13NO3/c1-18-11-6-4-5-10(9-11)15-13-8-3-2-7-12(13)14(16)17/h2-9,15H,1H3,(H,16,17)/p-1. The van der Waals surface area contributed by atoms with Crippen molar-refractivity contribution in [3.8, 4) is 5.75 Å². The highest BCUT2D eigenvalue weighted by molar-refractivity contribution is 5.93. The molecule has 4 nitrogen and oxygen atoms in total. The lowest BCUT2D eigenvalue weighted by Gasteiger charge is -2.13. The molecule has 2 aromatic carbocycles. The molecule has 1 N–H and O–H groups in total. The number of anilines is 2. The van der Waals surface area contributed by atoms with Gasteiger partial charge < -0.3 is 20.0 Å². The van der Waals surface area contributed by atoms with E-state index in [9.17, 15) is 9.90 Å². The lowest BCUT2D eigenvalue weighted by molar-refractivity contribution is -0.254. The maximum Gasteiger partial charge on any atom is 0.120 e. The third-order valence-electron chi connectivity index (χ3n) is 2.50. The van der Waals surface area contributed by atoms with Gasteiger partial charge >= 0.3 is 0 Å². The first-order valence-corrected chi connectivity index (χ1v) is 5.42. The number of rotatable bonds is 4. The van der Waals surface area contributed by atoms with Crippen molar-refractivity contribution in [3.05, 3.63) is 54.1 Å². The van der Waals surface area contributed by atoms with E-state index in [2.05, 4.69) is 5.32 Å². The molecule has 0 saturated carbocycles. The summed E-state index contributed by atoms with van der Waals surface area (Å²) >= 11 is 0. The van der Waals surface area contributed by atoms with Gasteiger partial charge in [-0.15, -0.1) is 0 Å². The molecule has 0 aliphatic heterocycles. The van der Waals surface area contributed by atoms with E-state index in [1.54, 1.807) is 31.4 Å². The van der Waals surface area contributed by atoms with Gasteiger partial charge in [-0.2, -0.15) is 0 Å². The third kappa shape index (κ3) is 2.60. The van der Waals surface area contributed by atoms with Gasteiger partial charge in [0.25, 0.3) is 0 Å². The van der Waals surface area contributed by atoms with Gasteiger partial charge in [0.2, 0.25) is 0 Å². The monoisotopic (exact) mass is 242 g/mol. The van der Waals surface area contributed by atoms with Crippen LogP contribution in [0, 0.1) is 0 Å². The van der Waals surface area contributed by atoms with Crippen molar-refractivity contribution in [2.45, 2.75) is 0 Å². The molecule has 0 aliphatic carbocycles. The second kappa shape index (κ2) is 5.23. The molecule has 0 unspecified atom stereocenters. The van der Waals surface area contributed by atoms with Crippen LogP contribution in [0.25, 0.3) is 0 Å². The lowest BCUT2D eigenvalue weighted by Crippen LogP contribution is -2.23. The van der Waals surface area contributed by atoms with Crippen LogP contribution in [0.4, 0.5) is 11.4 Å². The largest absolute Gasteiger partial charge is 0.545 e. The SMILES string of the molecule is COc1cccc(Nc2ccccc2C(=O)[O-])c1. The zero-order valence-corrected chi connectivity index (χ0v) is 9.84. The van der Waals surface area contributed by atoms with Crippen LogP contribution in [0.3, 0.4) is 0 Å². The molecule has 0 heterocycles. The molecule has 18 heavy (non-hydrogen) atoms. The third-order valence-corrected chi connectivity index (χ3v) is 2.50. The Bertz CT molecular complexity index is 566. The molecular weight excluding hydrogens is 230 g/mol. The van der Waals surface area contributed by atoms with Crippen LogP contribution in [0.2, 0.25) is 0 Å². The highest BCUT2D eigenvalue weighted by Crippen LogP contribution is 2.23. The van der Waals surface area contributed by atoms with Crippen LogP contribution in [0.5, 0.6) is 5.75 Å². The Kier molecular flexibility index (Phi) is 3.48. The summed E-state index contributed by atoms with van der Waals surface area (Å²) in [5.74, 6) is -0.507. The van der Waals surface area contributed by atoms with Crippen LogP contribution in [-0.4, -0.2) is 13.1 Å². The molecule has 0 fully saturated rings. The normalized spacial score (nSPS) is 9.83. The number of carboxylic acids is 1. The number of benzene rings is 2. The second-order valence-electron chi connectivity index (χ2n) is 3.69. The van der Waals surface area contributed by atoms with Gasteiger partial charge in [-0.25, -0.2) is 0 Å². The van der Waals surface area contributed by atoms with Crippen molar-refractivity contribution in [2.75, 3.05) is 12.4 Å². The highest BCUT2D eigenvalue weighted by atomic mass is 16.5. The smallest absolute Gasteiger partial charge is 0.120 e. The predicted octanol–water partition coefficient (Wildman–Crippen LogP) is 1.80. The number of methoxy groups -OCH3 is 1. The molecule has 2 aromatic rings. The number of para-hydroxylation sites is 1. The Hall–Kier alpha value is -2.49. The number of carboxylic acid groups (broad SMARTS) is 1. The molecule has 0 aliphatic rings. The van der Waals surface area contributed by atoms with Crippen molar-refractivity contribution in [1.29, 1.82) is 0 Å². The van der Waals surface area contributed by atoms with Gasteiger partial charge in [0, 0.05) is 23.0 Å². The van der Waals surface area contributed by atoms with E-state index in [0.29, 0.717) is 11.4 Å². The Morgan fingerprint density at radius 1 is 1.17 bits per heavy atom. The number of hydrogen-bond acceptors (Lipinski definition) is 4. The summed E-state index contributed by atoms with van der Waals surface area (Å²) in [6.07, 6.45) is 0. The van der Waals surface area contributed by atoms with E-state index in [0.717, 1.165) is 5.69 Å². The van der Waals surface area contributed by atoms with Crippen LogP contribution in [0.15, 0.2) is 48.5 Å². The molecule has 0 spiro atoms. The minimum absolute atomic E-state index is 0.125. The van der Waals surface area contributed by atoms with Crippen LogP contribution < -0.4 is 15.2 Å². The fourth-order valence-corrected chi connectivity index (χ4v) is 1.63. The highest BCUT2D eigenvalue weighted by Gasteiger charge is 2.03. The summed E-state index contributed by atoms with van der Waals surface area (Å²) in [7, 11) is 1.58. The van der Waals surface area contributed by atoms with Crippen LogP contribution in [0.1, 0.15) is 10.4 Å². The second-order valence-corrected chi connectivity index (χ2v) is 3.69. The first-order chi connectivity index (χ1) is 8.70. The van der Waals surface area contributed by atoms with E-state index >= 15 is 0 Å². The molecular formula is C14H12NO3-. The number of carbonyl (C=O) groups excluding carboxylic acids is 1. The summed E-state index contributed by atoms with van der Waals surface area (Å²) < 4.78 is 5.10. The molecule has 0 bridgehead atoms. The number of aromatic carboxylic acids is 1. The minimum atomic E-state index is -1.21. The summed E-state index contributed by atoms with van der Waals surface area (Å²) in [6.45, 7) is 0. The van der Waals surface area contributed by atoms with Crippen molar-refractivity contribution >= 4 is 17.3 Å². The summed E-state index contributed by atoms with van der Waals surface area (Å²) in [5, 5.41) is 14.0. The summed E-state index contributed by atoms with van der Waals surface area (Å²) in [4.78, 5) is 11.0. The molecule has 0 aromatic heterocycles. The average molecular weight is 242 g/mol. The van der Waals surface area contributed by atoms with Crippen molar-refractivity contribution in [3.63, 3.8) is 0 Å². The molecule has 0 radical (unpaired) electrons. The molecule has 0 saturated heterocycles. The van der Waals surface area contributed by atoms with Gasteiger partial charge in [0.05, 0.1) is 13.1 Å². The zero-order valence-electron chi connectivity index (χ0n) is 9.84. The molecule has 0 atom stereocenters. The molecule has 4 heteroatoms. The molecule has 2 rings (SSSR count). The number of carbonyl (C=O) groups is 1. The minimum Gasteiger partial charge on any atom is -0.545 e. The van der Waals surface area contributed by atoms with Gasteiger partial charge in [-0.1, -0.05) is 24.3 Å². The van der Waals surface area contributed by atoms with Crippen molar-refractivity contribution in [1.82, 2.24) is 0 Å². The summed E-state index contributed by atoms with van der Waals surface area (Å²) in [5.41, 5.74) is 1.37. The quantitative estimate of drug-likeness (QED) is 0.888. The molecule has 92 valence electrons. The Balaban J connectivity index is 2.31. The van der Waals surface area contributed by atoms with Crippen LogP contribution in [-0.2, 0) is 0 Å². The Labute approximate surface area is 105 Å². The maximum absolute atomic E-state index is 11.0. The van der Waals surface area contributed by atoms with E-state index in [-0.39, 0.29) is 5.56 Å². The maximum atomic E-state index is 11.0. The Morgan fingerprint density at radius 3 is 2.67 bits per heavy atom. The van der Waals surface area contributed by atoms with Gasteiger partial charge in [0.1, 0.15) is 5.75 Å². The van der Waals surface area contributed by atoms with Crippen molar-refractivity contribution < 1.29 is 14.6 Å². The Morgan fingerprint density at radius 2 is 1.94 bits per heavy atom. The van der Waals surface area contributed by atoms with Gasteiger partial charge in [0.15, 0.2) is 0 Å². The average Bonchev–Trinajstić information content (AvgIpc) is 2.39. The summed E-state index contributed by atoms with van der Waals surface area (Å²) in [6, 6.07) is 13.8. The van der Waals surface area contributed by atoms with E-state index in [1.807, 2.05) is 18.2 Å². The zero-order chi connectivity index (χ0) is 13.0. The topological polar surface area (TPSA) is 61.4 Å².